The first-order valence-corrected chi connectivity index (χ1v) is 9.46. The van der Waals surface area contributed by atoms with Crippen molar-refractivity contribution in [3.63, 3.8) is 0 Å². The van der Waals surface area contributed by atoms with Gasteiger partial charge in [0, 0.05) is 19.2 Å². The molecule has 30 heavy (non-hydrogen) atoms. The number of benzene rings is 2. The summed E-state index contributed by atoms with van der Waals surface area (Å²) in [6, 6.07) is 16.2. The van der Waals surface area contributed by atoms with Gasteiger partial charge in [0.1, 0.15) is 5.82 Å². The average Bonchev–Trinajstić information content (AvgIpc) is 2.74. The second-order valence-electron chi connectivity index (χ2n) is 6.88. The number of nitrogens with one attached hydrogen (secondary N) is 1. The van der Waals surface area contributed by atoms with E-state index < -0.39 is 17.2 Å². The summed E-state index contributed by atoms with van der Waals surface area (Å²) in [5.41, 5.74) is 7.05. The van der Waals surface area contributed by atoms with Crippen LogP contribution in [0.2, 0.25) is 0 Å². The van der Waals surface area contributed by atoms with E-state index >= 15 is 0 Å². The SMILES string of the molecule is COCCN(C(=O)c1ccc(C)cc1)c1c(N)n(Cc2ccccc2)c(=O)[nH]c1=O. The number of H-pyrrole nitrogens is 1. The summed E-state index contributed by atoms with van der Waals surface area (Å²) in [6.07, 6.45) is 0. The number of rotatable bonds is 7. The van der Waals surface area contributed by atoms with Gasteiger partial charge >= 0.3 is 5.69 Å². The standard InChI is InChI=1S/C22H24N4O4/c1-15-8-10-17(11-9-15)21(28)25(12-13-30-2)18-19(23)26(22(29)24-20(18)27)14-16-6-4-3-5-7-16/h3-11H,12-14,23H2,1-2H3,(H,24,27,29). The second-order valence-corrected chi connectivity index (χ2v) is 6.88. The summed E-state index contributed by atoms with van der Waals surface area (Å²) in [5, 5.41) is 0. The lowest BCUT2D eigenvalue weighted by Crippen LogP contribution is -2.42. The van der Waals surface area contributed by atoms with Crippen molar-refractivity contribution >= 4 is 17.4 Å². The van der Waals surface area contributed by atoms with Gasteiger partial charge in [-0.05, 0) is 24.6 Å². The first-order chi connectivity index (χ1) is 14.4. The number of aromatic amines is 1. The van der Waals surface area contributed by atoms with Gasteiger partial charge in [-0.2, -0.15) is 0 Å². The minimum atomic E-state index is -0.724. The van der Waals surface area contributed by atoms with Gasteiger partial charge in [0.25, 0.3) is 11.5 Å². The van der Waals surface area contributed by atoms with Crippen molar-refractivity contribution in [3.05, 3.63) is 92.1 Å². The molecule has 0 fully saturated rings. The first-order valence-electron chi connectivity index (χ1n) is 9.46. The number of nitrogen functional groups attached to an aromatic ring is 1. The molecule has 0 aliphatic rings. The maximum absolute atomic E-state index is 13.2. The summed E-state index contributed by atoms with van der Waals surface area (Å²) >= 11 is 0. The fourth-order valence-electron chi connectivity index (χ4n) is 3.11. The fourth-order valence-corrected chi connectivity index (χ4v) is 3.11. The third kappa shape index (κ3) is 4.49. The lowest BCUT2D eigenvalue weighted by atomic mass is 10.1. The molecular formula is C22H24N4O4. The van der Waals surface area contributed by atoms with E-state index in [0.717, 1.165) is 11.1 Å². The third-order valence-corrected chi connectivity index (χ3v) is 4.73. The zero-order chi connectivity index (χ0) is 21.7. The lowest BCUT2D eigenvalue weighted by Gasteiger charge is -2.24. The highest BCUT2D eigenvalue weighted by Crippen LogP contribution is 2.20. The Morgan fingerprint density at radius 1 is 1.10 bits per heavy atom. The topological polar surface area (TPSA) is 110 Å². The summed E-state index contributed by atoms with van der Waals surface area (Å²) in [4.78, 5) is 41.8. The van der Waals surface area contributed by atoms with Gasteiger partial charge in [0.15, 0.2) is 5.69 Å². The molecule has 1 heterocycles. The Labute approximate surface area is 173 Å². The van der Waals surface area contributed by atoms with Crippen LogP contribution in [0.3, 0.4) is 0 Å². The normalized spacial score (nSPS) is 10.7. The van der Waals surface area contributed by atoms with Crippen LogP contribution in [0, 0.1) is 6.92 Å². The van der Waals surface area contributed by atoms with Crippen molar-refractivity contribution < 1.29 is 9.53 Å². The largest absolute Gasteiger partial charge is 0.383 e. The molecule has 0 atom stereocenters. The van der Waals surface area contributed by atoms with Gasteiger partial charge in [-0.25, -0.2) is 4.79 Å². The molecule has 156 valence electrons. The molecule has 1 amide bonds. The van der Waals surface area contributed by atoms with Crippen molar-refractivity contribution in [1.82, 2.24) is 9.55 Å². The van der Waals surface area contributed by atoms with Crippen LogP contribution < -0.4 is 21.9 Å². The molecule has 0 aliphatic heterocycles. The van der Waals surface area contributed by atoms with Crippen LogP contribution in [-0.4, -0.2) is 35.7 Å². The first kappa shape index (κ1) is 21.1. The summed E-state index contributed by atoms with van der Waals surface area (Å²) in [7, 11) is 1.50. The number of carbonyl (C=O) groups is 1. The Balaban J connectivity index is 2.09. The van der Waals surface area contributed by atoms with E-state index in [0.29, 0.717) is 5.56 Å². The molecule has 0 spiro atoms. The number of aromatic nitrogens is 2. The van der Waals surface area contributed by atoms with Gasteiger partial charge in [-0.3, -0.25) is 24.0 Å². The minimum Gasteiger partial charge on any atom is -0.383 e. The van der Waals surface area contributed by atoms with Crippen LogP contribution in [0.15, 0.2) is 64.2 Å². The molecule has 1 aromatic heterocycles. The van der Waals surface area contributed by atoms with Crippen LogP contribution in [0.25, 0.3) is 0 Å². The number of carbonyl (C=O) groups excluding carboxylic acids is 1. The Bertz CT molecular complexity index is 1130. The van der Waals surface area contributed by atoms with Crippen molar-refractivity contribution in [2.75, 3.05) is 30.9 Å². The van der Waals surface area contributed by atoms with E-state index in [1.54, 1.807) is 12.1 Å². The van der Waals surface area contributed by atoms with Crippen LogP contribution in [-0.2, 0) is 11.3 Å². The van der Waals surface area contributed by atoms with Crippen LogP contribution in [0.4, 0.5) is 11.5 Å². The molecule has 8 heteroatoms. The predicted molar refractivity (Wildman–Crippen MR) is 116 cm³/mol. The van der Waals surface area contributed by atoms with Gasteiger partial charge in [0.05, 0.1) is 13.2 Å². The van der Waals surface area contributed by atoms with E-state index in [4.69, 9.17) is 10.5 Å². The Morgan fingerprint density at radius 3 is 2.40 bits per heavy atom. The van der Waals surface area contributed by atoms with E-state index in [2.05, 4.69) is 4.98 Å². The molecule has 0 unspecified atom stereocenters. The van der Waals surface area contributed by atoms with Crippen LogP contribution in [0.1, 0.15) is 21.5 Å². The van der Waals surface area contributed by atoms with Crippen molar-refractivity contribution in [3.8, 4) is 0 Å². The van der Waals surface area contributed by atoms with E-state index in [1.165, 1.54) is 16.6 Å². The molecule has 3 rings (SSSR count). The van der Waals surface area contributed by atoms with Crippen molar-refractivity contribution in [2.24, 2.45) is 0 Å². The molecule has 2 aromatic carbocycles. The Hall–Kier alpha value is -3.65. The lowest BCUT2D eigenvalue weighted by molar-refractivity contribution is 0.0975. The Morgan fingerprint density at radius 2 is 1.77 bits per heavy atom. The maximum atomic E-state index is 13.2. The summed E-state index contributed by atoms with van der Waals surface area (Å²) in [5.74, 6) is -0.488. The van der Waals surface area contributed by atoms with Crippen molar-refractivity contribution in [1.29, 1.82) is 0 Å². The smallest absolute Gasteiger partial charge is 0.330 e. The number of methoxy groups -OCH3 is 1. The quantitative estimate of drug-likeness (QED) is 0.619. The summed E-state index contributed by atoms with van der Waals surface area (Å²) in [6.45, 7) is 2.36. The highest BCUT2D eigenvalue weighted by atomic mass is 16.5. The molecule has 0 bridgehead atoms. The molecule has 3 N–H and O–H groups in total. The highest BCUT2D eigenvalue weighted by molar-refractivity contribution is 6.07. The number of ether oxygens (including phenoxy) is 1. The minimum absolute atomic E-state index is 0.0758. The zero-order valence-corrected chi connectivity index (χ0v) is 16.9. The number of anilines is 2. The molecule has 8 nitrogen and oxygen atoms in total. The van der Waals surface area contributed by atoms with Gasteiger partial charge in [-0.1, -0.05) is 48.0 Å². The van der Waals surface area contributed by atoms with Crippen molar-refractivity contribution in [2.45, 2.75) is 13.5 Å². The zero-order valence-electron chi connectivity index (χ0n) is 16.9. The van der Waals surface area contributed by atoms with E-state index in [9.17, 15) is 14.4 Å². The molecule has 0 saturated carbocycles. The predicted octanol–water partition coefficient (Wildman–Crippen LogP) is 1.77. The molecule has 3 aromatic rings. The number of aryl methyl sites for hydroxylation is 1. The number of hydrogen-bond donors (Lipinski definition) is 2. The van der Waals surface area contributed by atoms with Crippen LogP contribution >= 0.6 is 0 Å². The molecular weight excluding hydrogens is 384 g/mol. The molecule has 0 radical (unpaired) electrons. The second kappa shape index (κ2) is 9.23. The van der Waals surface area contributed by atoms with E-state index in [1.807, 2.05) is 49.4 Å². The molecule has 0 aliphatic carbocycles. The maximum Gasteiger partial charge on any atom is 0.330 e. The number of hydrogen-bond acceptors (Lipinski definition) is 5. The van der Waals surface area contributed by atoms with Gasteiger partial charge < -0.3 is 10.5 Å². The van der Waals surface area contributed by atoms with Gasteiger partial charge in [-0.15, -0.1) is 0 Å². The number of amides is 1. The number of nitrogens with zero attached hydrogens (tertiary/aromatic N) is 2. The monoisotopic (exact) mass is 408 g/mol. The third-order valence-electron chi connectivity index (χ3n) is 4.73. The van der Waals surface area contributed by atoms with Gasteiger partial charge in [0.2, 0.25) is 0 Å². The summed E-state index contributed by atoms with van der Waals surface area (Å²) < 4.78 is 6.36. The van der Waals surface area contributed by atoms with E-state index in [-0.39, 0.29) is 31.2 Å². The highest BCUT2D eigenvalue weighted by Gasteiger charge is 2.25. The number of nitrogens with two attached hydrogens (primary N) is 1. The fraction of sp³-hybridized carbons (Fsp3) is 0.227. The Kier molecular flexibility index (Phi) is 6.48. The van der Waals surface area contributed by atoms with Crippen LogP contribution in [0.5, 0.6) is 0 Å². The molecule has 0 saturated heterocycles. The average molecular weight is 408 g/mol.